The molecular weight excluding hydrogens is 448 g/mol. The van der Waals surface area contributed by atoms with Crippen LogP contribution in [0.15, 0.2) is 57.3 Å². The minimum atomic E-state index is -3.81. The van der Waals surface area contributed by atoms with E-state index in [2.05, 4.69) is 10.3 Å². The molecule has 0 atom stereocenters. The number of fused-ring (bicyclic) bond motifs is 1. The number of benzene rings is 2. The van der Waals surface area contributed by atoms with E-state index in [1.165, 1.54) is 29.2 Å². The van der Waals surface area contributed by atoms with Gasteiger partial charge in [0.1, 0.15) is 0 Å². The lowest BCUT2D eigenvalue weighted by molar-refractivity contribution is -0.122. The Morgan fingerprint density at radius 3 is 2.50 bits per heavy atom. The van der Waals surface area contributed by atoms with E-state index in [-0.39, 0.29) is 27.2 Å². The minimum Gasteiger partial charge on any atom is -0.321 e. The molecule has 2 heterocycles. The number of nitrogens with one attached hydrogen (secondary N) is 1. The van der Waals surface area contributed by atoms with E-state index in [0.717, 1.165) is 11.8 Å². The number of amidine groups is 1. The van der Waals surface area contributed by atoms with Gasteiger partial charge >= 0.3 is 0 Å². The number of hydrogen-bond acceptors (Lipinski definition) is 6. The average molecular weight is 463 g/mol. The maximum absolute atomic E-state index is 13.0. The smallest absolute Gasteiger partial charge is 0.267 e. The monoisotopic (exact) mass is 462 g/mol. The first-order valence-corrected chi connectivity index (χ1v) is 11.5. The van der Waals surface area contributed by atoms with Crippen LogP contribution in [0, 0.1) is 0 Å². The summed E-state index contributed by atoms with van der Waals surface area (Å²) in [6.45, 7) is 2.14. The van der Waals surface area contributed by atoms with Gasteiger partial charge in [-0.3, -0.25) is 14.5 Å². The Morgan fingerprint density at radius 1 is 1.17 bits per heavy atom. The Bertz CT molecular complexity index is 1250. The largest absolute Gasteiger partial charge is 0.321 e. The summed E-state index contributed by atoms with van der Waals surface area (Å²) in [5, 5.41) is 8.69. The maximum atomic E-state index is 13.0. The summed E-state index contributed by atoms with van der Waals surface area (Å²) in [4.78, 5) is 31.7. The highest BCUT2D eigenvalue weighted by atomic mass is 35.5. The number of hydrogen-bond donors (Lipinski definition) is 2. The van der Waals surface area contributed by atoms with Crippen molar-refractivity contribution in [3.05, 3.63) is 58.0 Å². The summed E-state index contributed by atoms with van der Waals surface area (Å²) in [5.74, 6) is -0.710. The van der Waals surface area contributed by atoms with Crippen LogP contribution in [-0.4, -0.2) is 36.8 Å². The topological polar surface area (TPSA) is 122 Å². The molecule has 11 heteroatoms. The van der Waals surface area contributed by atoms with Gasteiger partial charge in [0, 0.05) is 22.8 Å². The lowest BCUT2D eigenvalue weighted by Crippen LogP contribution is -2.29. The molecule has 8 nitrogen and oxygen atoms in total. The molecule has 0 unspecified atom stereocenters. The van der Waals surface area contributed by atoms with Crippen LogP contribution in [0.2, 0.25) is 5.02 Å². The number of primary sulfonamides is 1. The Kier molecular flexibility index (Phi) is 5.18. The number of aliphatic imine (C=N–C) groups is 1. The molecule has 2 aliphatic rings. The van der Waals surface area contributed by atoms with Gasteiger partial charge in [-0.2, -0.15) is 0 Å². The molecule has 0 aromatic heterocycles. The second-order valence-corrected chi connectivity index (χ2v) is 9.41. The highest BCUT2D eigenvalue weighted by Crippen LogP contribution is 2.43. The normalized spacial score (nSPS) is 20.1. The zero-order valence-electron chi connectivity index (χ0n) is 15.5. The third kappa shape index (κ3) is 3.63. The standard InChI is InChI=1S/C19H15ClN4O4S2/c1-2-24-18(26)16(15-13-9-10(20)3-8-14(13)23-17(15)25)29-19(24)22-11-4-6-12(7-5-11)30(21,27)28/h3-9H,2H2,1H3,(H,23,25)(H2,21,27,28)/b16-15-,22-19-. The number of likely N-dealkylation sites (N-methyl/N-ethyl adjacent to an activating group) is 1. The van der Waals surface area contributed by atoms with Gasteiger partial charge in [-0.1, -0.05) is 11.6 Å². The first kappa shape index (κ1) is 20.6. The molecule has 4 rings (SSSR count). The molecule has 2 amide bonds. The van der Waals surface area contributed by atoms with Crippen LogP contribution < -0.4 is 10.5 Å². The van der Waals surface area contributed by atoms with E-state index in [1.54, 1.807) is 25.1 Å². The SMILES string of the molecule is CCN1C(=O)/C(=C2/C(=O)Nc3ccc(Cl)cc32)S/C1=N\c1ccc(S(N)(=O)=O)cc1. The summed E-state index contributed by atoms with van der Waals surface area (Å²) in [5.41, 5.74) is 1.86. The second kappa shape index (κ2) is 7.55. The molecule has 0 saturated carbocycles. The van der Waals surface area contributed by atoms with Crippen LogP contribution in [-0.2, 0) is 19.6 Å². The number of amides is 2. The van der Waals surface area contributed by atoms with Gasteiger partial charge in [-0.05, 0) is 61.2 Å². The number of carbonyl (C=O) groups excluding carboxylic acids is 2. The Labute approximate surface area is 181 Å². The van der Waals surface area contributed by atoms with Gasteiger partial charge < -0.3 is 5.32 Å². The molecule has 0 bridgehead atoms. The predicted molar refractivity (Wildman–Crippen MR) is 117 cm³/mol. The summed E-state index contributed by atoms with van der Waals surface area (Å²) < 4.78 is 22.8. The number of anilines is 1. The molecule has 2 aliphatic heterocycles. The summed E-state index contributed by atoms with van der Waals surface area (Å²) in [6.07, 6.45) is 0. The maximum Gasteiger partial charge on any atom is 0.267 e. The second-order valence-electron chi connectivity index (χ2n) is 6.43. The zero-order chi connectivity index (χ0) is 21.6. The molecule has 154 valence electrons. The molecule has 0 spiro atoms. The van der Waals surface area contributed by atoms with Gasteiger partial charge in [0.15, 0.2) is 5.17 Å². The quantitative estimate of drug-likeness (QED) is 0.679. The van der Waals surface area contributed by atoms with Crippen molar-refractivity contribution in [2.45, 2.75) is 11.8 Å². The van der Waals surface area contributed by atoms with Crippen LogP contribution >= 0.6 is 23.4 Å². The van der Waals surface area contributed by atoms with E-state index in [0.29, 0.717) is 33.7 Å². The van der Waals surface area contributed by atoms with Crippen molar-refractivity contribution in [3.63, 3.8) is 0 Å². The minimum absolute atomic E-state index is 0.0344. The Morgan fingerprint density at radius 2 is 1.87 bits per heavy atom. The van der Waals surface area contributed by atoms with E-state index in [9.17, 15) is 18.0 Å². The molecule has 2 aromatic rings. The predicted octanol–water partition coefficient (Wildman–Crippen LogP) is 2.93. The average Bonchev–Trinajstić information content (AvgIpc) is 3.16. The van der Waals surface area contributed by atoms with Gasteiger partial charge in [0.05, 0.1) is 21.1 Å². The third-order valence-corrected chi connectivity index (χ3v) is 6.76. The van der Waals surface area contributed by atoms with Crippen molar-refractivity contribution in [2.24, 2.45) is 10.1 Å². The number of halogens is 1. The first-order valence-electron chi connectivity index (χ1n) is 8.76. The molecule has 3 N–H and O–H groups in total. The highest BCUT2D eigenvalue weighted by molar-refractivity contribution is 8.18. The van der Waals surface area contributed by atoms with Crippen molar-refractivity contribution in [2.75, 3.05) is 11.9 Å². The lowest BCUT2D eigenvalue weighted by Gasteiger charge is -2.12. The number of nitrogens with zero attached hydrogens (tertiary/aromatic N) is 2. The van der Waals surface area contributed by atoms with Gasteiger partial charge in [-0.15, -0.1) is 0 Å². The van der Waals surface area contributed by atoms with Crippen molar-refractivity contribution in [1.82, 2.24) is 4.90 Å². The number of sulfonamides is 1. The Balaban J connectivity index is 1.76. The van der Waals surface area contributed by atoms with Crippen LogP contribution in [0.1, 0.15) is 12.5 Å². The van der Waals surface area contributed by atoms with Crippen LogP contribution in [0.4, 0.5) is 11.4 Å². The number of rotatable bonds is 3. The fraction of sp³-hybridized carbons (Fsp3) is 0.105. The molecule has 30 heavy (non-hydrogen) atoms. The van der Waals surface area contributed by atoms with Gasteiger partial charge in [-0.25, -0.2) is 18.5 Å². The van der Waals surface area contributed by atoms with E-state index >= 15 is 0 Å². The van der Waals surface area contributed by atoms with Crippen LogP contribution in [0.3, 0.4) is 0 Å². The lowest BCUT2D eigenvalue weighted by atomic mass is 10.1. The van der Waals surface area contributed by atoms with E-state index < -0.39 is 10.0 Å². The molecule has 2 aromatic carbocycles. The van der Waals surface area contributed by atoms with Crippen LogP contribution in [0.25, 0.3) is 5.57 Å². The third-order valence-electron chi connectivity index (χ3n) is 4.52. The fourth-order valence-electron chi connectivity index (χ4n) is 3.11. The zero-order valence-corrected chi connectivity index (χ0v) is 17.9. The molecular formula is C19H15ClN4O4S2. The summed E-state index contributed by atoms with van der Waals surface area (Å²) in [6, 6.07) is 10.7. The van der Waals surface area contributed by atoms with Crippen molar-refractivity contribution in [1.29, 1.82) is 0 Å². The van der Waals surface area contributed by atoms with Gasteiger partial charge in [0.25, 0.3) is 11.8 Å². The summed E-state index contributed by atoms with van der Waals surface area (Å²) >= 11 is 7.16. The molecule has 0 radical (unpaired) electrons. The first-order chi connectivity index (χ1) is 14.2. The fourth-order valence-corrected chi connectivity index (χ4v) is 4.95. The molecule has 1 saturated heterocycles. The number of carbonyl (C=O) groups is 2. The van der Waals surface area contributed by atoms with Gasteiger partial charge in [0.2, 0.25) is 10.0 Å². The number of nitrogens with two attached hydrogens (primary N) is 1. The van der Waals surface area contributed by atoms with E-state index in [4.69, 9.17) is 16.7 Å². The molecule has 1 fully saturated rings. The van der Waals surface area contributed by atoms with Crippen molar-refractivity contribution >= 4 is 67.3 Å². The van der Waals surface area contributed by atoms with Crippen molar-refractivity contribution < 1.29 is 18.0 Å². The molecule has 0 aliphatic carbocycles. The Hall–Kier alpha value is -2.66. The van der Waals surface area contributed by atoms with Crippen molar-refractivity contribution in [3.8, 4) is 0 Å². The van der Waals surface area contributed by atoms with E-state index in [1.807, 2.05) is 0 Å². The highest BCUT2D eigenvalue weighted by Gasteiger charge is 2.39. The van der Waals surface area contributed by atoms with Crippen LogP contribution in [0.5, 0.6) is 0 Å². The number of thioether (sulfide) groups is 1. The summed E-state index contributed by atoms with van der Waals surface area (Å²) in [7, 11) is -3.81.